The van der Waals surface area contributed by atoms with E-state index in [0.29, 0.717) is 6.54 Å². The fraction of sp³-hybridized carbons (Fsp3) is 0.533. The molecule has 1 aromatic carbocycles. The molecular weight excluding hydrogens is 281 g/mol. The van der Waals surface area contributed by atoms with Crippen molar-refractivity contribution < 1.29 is 18.0 Å². The van der Waals surface area contributed by atoms with E-state index in [2.05, 4.69) is 5.32 Å². The number of carbonyl (C=O) groups is 1. The maximum absolute atomic E-state index is 12.4. The first-order valence-corrected chi connectivity index (χ1v) is 7.11. The summed E-state index contributed by atoms with van der Waals surface area (Å²) in [5.74, 6) is 0.0570. The minimum absolute atomic E-state index is 0.0570. The Morgan fingerprint density at radius 2 is 1.71 bits per heavy atom. The number of piperidine rings is 1. The van der Waals surface area contributed by atoms with Gasteiger partial charge in [-0.05, 0) is 37.0 Å². The number of rotatable bonds is 4. The summed E-state index contributed by atoms with van der Waals surface area (Å²) < 4.78 is 37.3. The molecule has 0 bridgehead atoms. The van der Waals surface area contributed by atoms with Crippen LogP contribution in [0.2, 0.25) is 0 Å². The van der Waals surface area contributed by atoms with Crippen molar-refractivity contribution in [3.05, 3.63) is 35.4 Å². The fourth-order valence-corrected chi connectivity index (χ4v) is 2.38. The molecule has 1 aliphatic heterocycles. The van der Waals surface area contributed by atoms with Gasteiger partial charge < -0.3 is 10.2 Å². The van der Waals surface area contributed by atoms with Crippen LogP contribution in [0.15, 0.2) is 24.3 Å². The van der Waals surface area contributed by atoms with Crippen LogP contribution in [0, 0.1) is 0 Å². The number of hydrogen-bond donors (Lipinski definition) is 1. The van der Waals surface area contributed by atoms with Crippen molar-refractivity contribution >= 4 is 5.91 Å². The summed E-state index contributed by atoms with van der Waals surface area (Å²) in [6, 6.07) is 4.98. The van der Waals surface area contributed by atoms with Crippen LogP contribution in [-0.2, 0) is 17.5 Å². The van der Waals surface area contributed by atoms with Gasteiger partial charge in [0.25, 0.3) is 0 Å². The molecule has 0 saturated carbocycles. The Labute approximate surface area is 122 Å². The minimum Gasteiger partial charge on any atom is -0.342 e. The zero-order chi connectivity index (χ0) is 15.3. The summed E-state index contributed by atoms with van der Waals surface area (Å²) in [7, 11) is 0. The Morgan fingerprint density at radius 3 is 2.29 bits per heavy atom. The predicted molar refractivity (Wildman–Crippen MR) is 73.6 cm³/mol. The highest BCUT2D eigenvalue weighted by atomic mass is 19.4. The smallest absolute Gasteiger partial charge is 0.342 e. The van der Waals surface area contributed by atoms with Crippen LogP contribution in [-0.4, -0.2) is 30.4 Å². The largest absolute Gasteiger partial charge is 0.416 e. The number of amides is 1. The van der Waals surface area contributed by atoms with Crippen molar-refractivity contribution in [3.63, 3.8) is 0 Å². The van der Waals surface area contributed by atoms with Crippen LogP contribution < -0.4 is 5.32 Å². The Balaban J connectivity index is 1.76. The average molecular weight is 300 g/mol. The van der Waals surface area contributed by atoms with E-state index >= 15 is 0 Å². The monoisotopic (exact) mass is 300 g/mol. The third-order valence-corrected chi connectivity index (χ3v) is 3.60. The average Bonchev–Trinajstić information content (AvgIpc) is 2.47. The molecule has 1 aliphatic rings. The quantitative estimate of drug-likeness (QED) is 0.927. The number of alkyl halides is 3. The highest BCUT2D eigenvalue weighted by molar-refractivity contribution is 5.78. The molecule has 6 heteroatoms. The van der Waals surface area contributed by atoms with E-state index in [1.807, 2.05) is 4.90 Å². The molecule has 0 aliphatic carbocycles. The Hall–Kier alpha value is -1.56. The second kappa shape index (κ2) is 6.93. The van der Waals surface area contributed by atoms with Gasteiger partial charge in [-0.15, -0.1) is 0 Å². The van der Waals surface area contributed by atoms with Gasteiger partial charge in [0.05, 0.1) is 12.1 Å². The van der Waals surface area contributed by atoms with E-state index < -0.39 is 11.7 Å². The molecular formula is C15H19F3N2O. The van der Waals surface area contributed by atoms with Gasteiger partial charge in [0, 0.05) is 19.6 Å². The zero-order valence-electron chi connectivity index (χ0n) is 11.7. The van der Waals surface area contributed by atoms with Crippen molar-refractivity contribution in [2.24, 2.45) is 0 Å². The predicted octanol–water partition coefficient (Wildman–Crippen LogP) is 2.81. The maximum atomic E-state index is 12.4. The van der Waals surface area contributed by atoms with Crippen molar-refractivity contribution in [2.45, 2.75) is 32.0 Å². The first kappa shape index (κ1) is 15.8. The molecule has 2 rings (SSSR count). The molecule has 3 nitrogen and oxygen atoms in total. The summed E-state index contributed by atoms with van der Waals surface area (Å²) >= 11 is 0. The van der Waals surface area contributed by atoms with E-state index in [9.17, 15) is 18.0 Å². The zero-order valence-corrected chi connectivity index (χ0v) is 11.7. The van der Waals surface area contributed by atoms with Crippen molar-refractivity contribution in [1.29, 1.82) is 0 Å². The van der Waals surface area contributed by atoms with E-state index in [1.165, 1.54) is 18.6 Å². The second-order valence-electron chi connectivity index (χ2n) is 5.24. The highest BCUT2D eigenvalue weighted by Crippen LogP contribution is 2.28. The number of halogens is 3. The van der Waals surface area contributed by atoms with Gasteiger partial charge in [-0.3, -0.25) is 4.79 Å². The van der Waals surface area contributed by atoms with Crippen LogP contribution in [0.25, 0.3) is 0 Å². The molecule has 1 saturated heterocycles. The number of hydrogen-bond acceptors (Lipinski definition) is 2. The SMILES string of the molecule is O=C(CNCc1ccc(C(F)(F)F)cc1)N1CCCCC1. The number of benzene rings is 1. The van der Waals surface area contributed by atoms with E-state index in [0.717, 1.165) is 43.6 Å². The van der Waals surface area contributed by atoms with Gasteiger partial charge in [-0.25, -0.2) is 0 Å². The van der Waals surface area contributed by atoms with Crippen LogP contribution in [0.4, 0.5) is 13.2 Å². The number of nitrogens with one attached hydrogen (secondary N) is 1. The Kier molecular flexibility index (Phi) is 5.22. The fourth-order valence-electron chi connectivity index (χ4n) is 2.38. The molecule has 0 radical (unpaired) electrons. The molecule has 1 heterocycles. The molecule has 1 aromatic rings. The second-order valence-corrected chi connectivity index (χ2v) is 5.24. The lowest BCUT2D eigenvalue weighted by atomic mass is 10.1. The van der Waals surface area contributed by atoms with Crippen molar-refractivity contribution in [1.82, 2.24) is 10.2 Å². The number of likely N-dealkylation sites (tertiary alicyclic amines) is 1. The summed E-state index contributed by atoms with van der Waals surface area (Å²) in [6.45, 7) is 2.22. The Bertz CT molecular complexity index is 465. The Morgan fingerprint density at radius 1 is 1.10 bits per heavy atom. The summed E-state index contributed by atoms with van der Waals surface area (Å²) in [5.41, 5.74) is 0.0742. The van der Waals surface area contributed by atoms with Crippen LogP contribution in [0.1, 0.15) is 30.4 Å². The van der Waals surface area contributed by atoms with Crippen molar-refractivity contribution in [3.8, 4) is 0 Å². The maximum Gasteiger partial charge on any atom is 0.416 e. The lowest BCUT2D eigenvalue weighted by molar-refractivity contribution is -0.137. The first-order chi connectivity index (χ1) is 9.97. The summed E-state index contributed by atoms with van der Waals surface area (Å²) in [5, 5.41) is 2.98. The lowest BCUT2D eigenvalue weighted by Crippen LogP contribution is -2.40. The van der Waals surface area contributed by atoms with Crippen molar-refractivity contribution in [2.75, 3.05) is 19.6 Å². The topological polar surface area (TPSA) is 32.3 Å². The van der Waals surface area contributed by atoms with Crippen LogP contribution in [0.5, 0.6) is 0 Å². The van der Waals surface area contributed by atoms with E-state index in [1.54, 1.807) is 0 Å². The molecule has 21 heavy (non-hydrogen) atoms. The van der Waals surface area contributed by atoms with Gasteiger partial charge >= 0.3 is 6.18 Å². The van der Waals surface area contributed by atoms with Gasteiger partial charge in [0.2, 0.25) is 5.91 Å². The molecule has 1 fully saturated rings. The molecule has 1 amide bonds. The summed E-state index contributed by atoms with van der Waals surface area (Å²) in [4.78, 5) is 13.7. The van der Waals surface area contributed by atoms with Gasteiger partial charge in [0.15, 0.2) is 0 Å². The highest BCUT2D eigenvalue weighted by Gasteiger charge is 2.29. The first-order valence-electron chi connectivity index (χ1n) is 7.11. The van der Waals surface area contributed by atoms with Crippen LogP contribution >= 0.6 is 0 Å². The van der Waals surface area contributed by atoms with Gasteiger partial charge in [-0.1, -0.05) is 12.1 Å². The molecule has 1 N–H and O–H groups in total. The normalized spacial score (nSPS) is 16.0. The summed E-state index contributed by atoms with van der Waals surface area (Å²) in [6.07, 6.45) is -1.05. The minimum atomic E-state index is -4.31. The van der Waals surface area contributed by atoms with Crippen LogP contribution in [0.3, 0.4) is 0 Å². The van der Waals surface area contributed by atoms with E-state index in [-0.39, 0.29) is 12.5 Å². The number of carbonyl (C=O) groups excluding carboxylic acids is 1. The molecule has 0 spiro atoms. The molecule has 0 atom stereocenters. The van der Waals surface area contributed by atoms with Gasteiger partial charge in [0.1, 0.15) is 0 Å². The molecule has 0 unspecified atom stereocenters. The molecule has 116 valence electrons. The third kappa shape index (κ3) is 4.74. The third-order valence-electron chi connectivity index (χ3n) is 3.60. The molecule has 0 aromatic heterocycles. The van der Waals surface area contributed by atoms with E-state index in [4.69, 9.17) is 0 Å². The standard InChI is InChI=1S/C15H19F3N2O/c16-15(17,18)13-6-4-12(5-7-13)10-19-11-14(21)20-8-2-1-3-9-20/h4-7,19H,1-3,8-11H2. The number of nitrogens with zero attached hydrogens (tertiary/aromatic N) is 1. The van der Waals surface area contributed by atoms with Gasteiger partial charge in [-0.2, -0.15) is 13.2 Å². The lowest BCUT2D eigenvalue weighted by Gasteiger charge is -2.26.